The molecule has 0 radical (unpaired) electrons. The molecule has 2 aliphatic rings. The molecule has 0 bridgehead atoms. The largest absolute Gasteiger partial charge is 0.381 e. The predicted octanol–water partition coefficient (Wildman–Crippen LogP) is 3.84. The van der Waals surface area contributed by atoms with E-state index in [0.29, 0.717) is 5.92 Å². The molecule has 25 heavy (non-hydrogen) atoms. The summed E-state index contributed by atoms with van der Waals surface area (Å²) in [6, 6.07) is 7.07. The Kier molecular flexibility index (Phi) is 5.06. The highest BCUT2D eigenvalue weighted by atomic mass is 32.1. The average Bonchev–Trinajstić information content (AvgIpc) is 3.24. The molecule has 1 atom stereocenters. The quantitative estimate of drug-likeness (QED) is 0.832. The average molecular weight is 359 g/mol. The number of morpholine rings is 1. The fourth-order valence-corrected chi connectivity index (χ4v) is 4.71. The van der Waals surface area contributed by atoms with Crippen LogP contribution in [0, 0.1) is 19.8 Å². The second kappa shape index (κ2) is 7.44. The van der Waals surface area contributed by atoms with Gasteiger partial charge in [-0.3, -0.25) is 0 Å². The van der Waals surface area contributed by atoms with E-state index in [1.54, 1.807) is 11.3 Å². The summed E-state index contributed by atoms with van der Waals surface area (Å²) < 4.78 is 11.1. The van der Waals surface area contributed by atoms with Crippen LogP contribution in [0.5, 0.6) is 0 Å². The number of hydrogen-bond donors (Lipinski definition) is 0. The Labute approximate surface area is 153 Å². The Bertz CT molecular complexity index is 731. The maximum absolute atomic E-state index is 5.58. The highest BCUT2D eigenvalue weighted by Gasteiger charge is 2.19. The highest BCUT2D eigenvalue weighted by Crippen LogP contribution is 2.34. The van der Waals surface area contributed by atoms with Crippen LogP contribution in [0.4, 0.5) is 5.69 Å². The van der Waals surface area contributed by atoms with Gasteiger partial charge >= 0.3 is 0 Å². The van der Waals surface area contributed by atoms with Gasteiger partial charge in [-0.05, 0) is 55.9 Å². The van der Waals surface area contributed by atoms with E-state index >= 15 is 0 Å². The number of rotatable bonds is 4. The van der Waals surface area contributed by atoms with Crippen LogP contribution in [0.1, 0.15) is 22.7 Å². The second-order valence-corrected chi connectivity index (χ2v) is 8.27. The number of nitrogens with zero attached hydrogens (tertiary/aromatic N) is 2. The summed E-state index contributed by atoms with van der Waals surface area (Å²) in [4.78, 5) is 8.38. The van der Waals surface area contributed by atoms with E-state index in [-0.39, 0.29) is 0 Å². The molecular formula is C20H26N2O2S. The number of aromatic nitrogens is 1. The van der Waals surface area contributed by atoms with Gasteiger partial charge in [-0.15, -0.1) is 11.3 Å². The van der Waals surface area contributed by atoms with E-state index in [0.717, 1.165) is 56.6 Å². The first-order valence-electron chi connectivity index (χ1n) is 9.18. The molecule has 4 rings (SSSR count). The Morgan fingerprint density at radius 3 is 2.64 bits per heavy atom. The molecular weight excluding hydrogens is 332 g/mol. The van der Waals surface area contributed by atoms with Crippen LogP contribution in [-0.4, -0.2) is 44.5 Å². The maximum atomic E-state index is 5.58. The van der Waals surface area contributed by atoms with Crippen LogP contribution >= 0.6 is 11.3 Å². The predicted molar refractivity (Wildman–Crippen MR) is 103 cm³/mol. The Balaban J connectivity index is 1.69. The van der Waals surface area contributed by atoms with Crippen LogP contribution in [0.2, 0.25) is 0 Å². The SMILES string of the molecule is Cc1nc(C)c(-c2cc(CC3CCOC3)cc(N3CCOCC3)c2)s1. The highest BCUT2D eigenvalue weighted by molar-refractivity contribution is 7.15. The van der Waals surface area contributed by atoms with Gasteiger partial charge in [0.1, 0.15) is 0 Å². The molecule has 2 aromatic rings. The molecule has 3 heterocycles. The molecule has 2 fully saturated rings. The lowest BCUT2D eigenvalue weighted by Crippen LogP contribution is -2.36. The van der Waals surface area contributed by atoms with E-state index in [9.17, 15) is 0 Å². The lowest BCUT2D eigenvalue weighted by Gasteiger charge is -2.29. The minimum Gasteiger partial charge on any atom is -0.381 e. The lowest BCUT2D eigenvalue weighted by atomic mass is 9.96. The molecule has 0 N–H and O–H groups in total. The first kappa shape index (κ1) is 17.0. The van der Waals surface area contributed by atoms with Crippen LogP contribution in [0.25, 0.3) is 10.4 Å². The molecule has 5 heteroatoms. The van der Waals surface area contributed by atoms with Crippen molar-refractivity contribution in [2.24, 2.45) is 5.92 Å². The summed E-state index contributed by atoms with van der Waals surface area (Å²) >= 11 is 1.80. The molecule has 134 valence electrons. The van der Waals surface area contributed by atoms with Gasteiger partial charge in [0.25, 0.3) is 0 Å². The van der Waals surface area contributed by atoms with E-state index in [4.69, 9.17) is 9.47 Å². The molecule has 1 unspecified atom stereocenters. The van der Waals surface area contributed by atoms with Crippen molar-refractivity contribution >= 4 is 17.0 Å². The van der Waals surface area contributed by atoms with Crippen molar-refractivity contribution in [2.75, 3.05) is 44.4 Å². The smallest absolute Gasteiger partial charge is 0.0903 e. The minimum absolute atomic E-state index is 0.650. The third-order valence-corrected chi connectivity index (χ3v) is 6.19. The van der Waals surface area contributed by atoms with Crippen LogP contribution < -0.4 is 4.90 Å². The minimum atomic E-state index is 0.650. The topological polar surface area (TPSA) is 34.6 Å². The summed E-state index contributed by atoms with van der Waals surface area (Å²) in [6.07, 6.45) is 2.28. The van der Waals surface area contributed by atoms with E-state index in [1.165, 1.54) is 28.1 Å². The van der Waals surface area contributed by atoms with Gasteiger partial charge < -0.3 is 14.4 Å². The third kappa shape index (κ3) is 3.89. The van der Waals surface area contributed by atoms with E-state index in [1.807, 2.05) is 0 Å². The third-order valence-electron chi connectivity index (χ3n) is 5.07. The van der Waals surface area contributed by atoms with Gasteiger partial charge in [-0.25, -0.2) is 4.98 Å². The Morgan fingerprint density at radius 1 is 1.12 bits per heavy atom. The fourth-order valence-electron chi connectivity index (χ4n) is 3.80. The van der Waals surface area contributed by atoms with Gasteiger partial charge in [-0.2, -0.15) is 0 Å². The number of anilines is 1. The Hall–Kier alpha value is -1.43. The van der Waals surface area contributed by atoms with Gasteiger partial charge in [0, 0.05) is 32.0 Å². The molecule has 0 amide bonds. The monoisotopic (exact) mass is 358 g/mol. The van der Waals surface area contributed by atoms with Crippen molar-refractivity contribution in [3.8, 4) is 10.4 Å². The van der Waals surface area contributed by atoms with Crippen LogP contribution in [-0.2, 0) is 15.9 Å². The zero-order valence-corrected chi connectivity index (χ0v) is 15.9. The summed E-state index contributed by atoms with van der Waals surface area (Å²) in [7, 11) is 0. The number of benzene rings is 1. The summed E-state index contributed by atoms with van der Waals surface area (Å²) in [5.41, 5.74) is 5.18. The van der Waals surface area contributed by atoms with E-state index < -0.39 is 0 Å². The zero-order valence-electron chi connectivity index (χ0n) is 15.1. The van der Waals surface area contributed by atoms with Crippen molar-refractivity contribution < 1.29 is 9.47 Å². The number of ether oxygens (including phenoxy) is 2. The zero-order chi connectivity index (χ0) is 17.2. The molecule has 2 aliphatic heterocycles. The van der Waals surface area contributed by atoms with Crippen LogP contribution in [0.3, 0.4) is 0 Å². The first-order valence-corrected chi connectivity index (χ1v) is 9.99. The first-order chi connectivity index (χ1) is 12.2. The molecule has 1 aromatic heterocycles. The van der Waals surface area contributed by atoms with Crippen molar-refractivity contribution in [1.29, 1.82) is 0 Å². The molecule has 0 aliphatic carbocycles. The number of aryl methyl sites for hydroxylation is 2. The van der Waals surface area contributed by atoms with E-state index in [2.05, 4.69) is 41.9 Å². The fraction of sp³-hybridized carbons (Fsp3) is 0.550. The normalized spacial score (nSPS) is 21.0. The van der Waals surface area contributed by atoms with Gasteiger partial charge in [0.2, 0.25) is 0 Å². The second-order valence-electron chi connectivity index (χ2n) is 7.07. The molecule has 2 saturated heterocycles. The van der Waals surface area contributed by atoms with Gasteiger partial charge in [0.15, 0.2) is 0 Å². The number of thiazole rings is 1. The molecule has 0 spiro atoms. The molecule has 4 nitrogen and oxygen atoms in total. The van der Waals surface area contributed by atoms with Gasteiger partial charge in [-0.1, -0.05) is 6.07 Å². The summed E-state index contributed by atoms with van der Waals surface area (Å²) in [5.74, 6) is 0.650. The van der Waals surface area contributed by atoms with Crippen molar-refractivity contribution in [3.05, 3.63) is 34.5 Å². The Morgan fingerprint density at radius 2 is 1.96 bits per heavy atom. The van der Waals surface area contributed by atoms with Gasteiger partial charge in [0.05, 0.1) is 28.8 Å². The van der Waals surface area contributed by atoms with Crippen molar-refractivity contribution in [2.45, 2.75) is 26.7 Å². The molecule has 0 saturated carbocycles. The van der Waals surface area contributed by atoms with Crippen molar-refractivity contribution in [1.82, 2.24) is 4.98 Å². The summed E-state index contributed by atoms with van der Waals surface area (Å²) in [6.45, 7) is 9.58. The van der Waals surface area contributed by atoms with Crippen LogP contribution in [0.15, 0.2) is 18.2 Å². The number of hydrogen-bond acceptors (Lipinski definition) is 5. The molecule has 1 aromatic carbocycles. The standard InChI is InChI=1S/C20H26N2O2S/c1-14-20(25-15(2)21-14)18-10-17(9-16-3-6-24-13-16)11-19(12-18)22-4-7-23-8-5-22/h10-12,16H,3-9,13H2,1-2H3. The lowest BCUT2D eigenvalue weighted by molar-refractivity contribution is 0.122. The van der Waals surface area contributed by atoms with Crippen molar-refractivity contribution in [3.63, 3.8) is 0 Å². The summed E-state index contributed by atoms with van der Waals surface area (Å²) in [5, 5.41) is 1.13. The maximum Gasteiger partial charge on any atom is 0.0903 e.